The van der Waals surface area contributed by atoms with E-state index in [-0.39, 0.29) is 24.4 Å². The van der Waals surface area contributed by atoms with E-state index in [9.17, 15) is 9.59 Å². The molecule has 0 spiro atoms. The zero-order valence-electron chi connectivity index (χ0n) is 10.5. The molecule has 0 bridgehead atoms. The van der Waals surface area contributed by atoms with E-state index in [1.165, 1.54) is 0 Å². The van der Waals surface area contributed by atoms with Gasteiger partial charge in [-0.15, -0.1) is 0 Å². The van der Waals surface area contributed by atoms with E-state index in [1.807, 2.05) is 18.7 Å². The number of rotatable bonds is 5. The molecule has 0 aromatic carbocycles. The highest BCUT2D eigenvalue weighted by molar-refractivity contribution is 7.99. The molecule has 0 radical (unpaired) electrons. The van der Waals surface area contributed by atoms with Crippen molar-refractivity contribution in [2.24, 2.45) is 0 Å². The van der Waals surface area contributed by atoms with Gasteiger partial charge in [-0.2, -0.15) is 11.8 Å². The molecular weight excluding hydrogens is 238 g/mol. The highest BCUT2D eigenvalue weighted by atomic mass is 32.2. The van der Waals surface area contributed by atoms with Crippen molar-refractivity contribution < 1.29 is 9.59 Å². The van der Waals surface area contributed by atoms with Crippen molar-refractivity contribution in [1.29, 1.82) is 0 Å². The number of carbonyl (C=O) groups excluding carboxylic acids is 2. The number of carbonyl (C=O) groups is 2. The van der Waals surface area contributed by atoms with E-state index in [0.717, 1.165) is 18.1 Å². The maximum atomic E-state index is 11.6. The summed E-state index contributed by atoms with van der Waals surface area (Å²) in [4.78, 5) is 24.6. The van der Waals surface area contributed by atoms with Crippen molar-refractivity contribution in [2.75, 3.05) is 38.2 Å². The smallest absolute Gasteiger partial charge is 0.241 e. The molecule has 1 aliphatic rings. The number of nitrogens with one attached hydrogen (secondary N) is 2. The van der Waals surface area contributed by atoms with Gasteiger partial charge in [0.2, 0.25) is 11.8 Å². The van der Waals surface area contributed by atoms with Gasteiger partial charge in [0.05, 0.1) is 6.54 Å². The number of thioether (sulfide) groups is 1. The molecule has 0 aromatic rings. The standard InChI is InChI=1S/C11H21N3O2S/c1-3-14(2)11(16)7-13-10(15)6-9-8-17-5-4-12-9/h9,12H,3-8H2,1-2H3,(H,13,15). The number of nitrogens with zero attached hydrogens (tertiary/aromatic N) is 1. The molecule has 2 N–H and O–H groups in total. The van der Waals surface area contributed by atoms with Crippen molar-refractivity contribution in [3.63, 3.8) is 0 Å². The zero-order chi connectivity index (χ0) is 12.7. The van der Waals surface area contributed by atoms with Crippen LogP contribution >= 0.6 is 11.8 Å². The first-order valence-electron chi connectivity index (χ1n) is 5.95. The molecule has 1 aliphatic heterocycles. The Hall–Kier alpha value is -0.750. The van der Waals surface area contributed by atoms with Crippen LogP contribution in [0.5, 0.6) is 0 Å². The molecule has 0 aliphatic carbocycles. The summed E-state index contributed by atoms with van der Waals surface area (Å²) in [5, 5.41) is 5.96. The lowest BCUT2D eigenvalue weighted by Crippen LogP contribution is -2.43. The summed E-state index contributed by atoms with van der Waals surface area (Å²) >= 11 is 1.86. The van der Waals surface area contributed by atoms with Gasteiger partial charge >= 0.3 is 0 Å². The highest BCUT2D eigenvalue weighted by Gasteiger charge is 2.17. The van der Waals surface area contributed by atoms with Gasteiger partial charge in [0.25, 0.3) is 0 Å². The molecule has 17 heavy (non-hydrogen) atoms. The van der Waals surface area contributed by atoms with Gasteiger partial charge in [-0.1, -0.05) is 0 Å². The Balaban J connectivity index is 2.18. The first-order valence-corrected chi connectivity index (χ1v) is 7.10. The number of hydrogen-bond donors (Lipinski definition) is 2. The van der Waals surface area contributed by atoms with Crippen LogP contribution in [0.3, 0.4) is 0 Å². The Kier molecular flexibility index (Phi) is 6.36. The third kappa shape index (κ3) is 5.41. The summed E-state index contributed by atoms with van der Waals surface area (Å²) in [6, 6.07) is 0.243. The Labute approximate surface area is 107 Å². The van der Waals surface area contributed by atoms with E-state index in [1.54, 1.807) is 11.9 Å². The predicted molar refractivity (Wildman–Crippen MR) is 70.1 cm³/mol. The lowest BCUT2D eigenvalue weighted by molar-refractivity contribution is -0.131. The molecule has 5 nitrogen and oxygen atoms in total. The summed E-state index contributed by atoms with van der Waals surface area (Å²) in [5.74, 6) is 1.98. The molecular formula is C11H21N3O2S. The molecule has 1 rings (SSSR count). The molecule has 0 saturated carbocycles. The topological polar surface area (TPSA) is 61.4 Å². The molecule has 0 aromatic heterocycles. The van der Waals surface area contributed by atoms with E-state index in [4.69, 9.17) is 0 Å². The van der Waals surface area contributed by atoms with Gasteiger partial charge in [0.1, 0.15) is 0 Å². The first-order chi connectivity index (χ1) is 8.13. The third-order valence-corrected chi connectivity index (χ3v) is 3.90. The highest BCUT2D eigenvalue weighted by Crippen LogP contribution is 2.09. The van der Waals surface area contributed by atoms with Crippen LogP contribution in [0.4, 0.5) is 0 Å². The van der Waals surface area contributed by atoms with Crippen LogP contribution in [0.15, 0.2) is 0 Å². The monoisotopic (exact) mass is 259 g/mol. The average Bonchev–Trinajstić information content (AvgIpc) is 2.36. The average molecular weight is 259 g/mol. The minimum Gasteiger partial charge on any atom is -0.347 e. The fraction of sp³-hybridized carbons (Fsp3) is 0.818. The normalized spacial score (nSPS) is 19.8. The van der Waals surface area contributed by atoms with Crippen molar-refractivity contribution in [3.8, 4) is 0 Å². The van der Waals surface area contributed by atoms with Gasteiger partial charge in [-0.05, 0) is 6.92 Å². The summed E-state index contributed by atoms with van der Waals surface area (Å²) < 4.78 is 0. The fourth-order valence-electron chi connectivity index (χ4n) is 1.53. The molecule has 1 atom stereocenters. The van der Waals surface area contributed by atoms with Gasteiger partial charge in [-0.3, -0.25) is 9.59 Å². The number of amides is 2. The van der Waals surface area contributed by atoms with E-state index >= 15 is 0 Å². The SMILES string of the molecule is CCN(C)C(=O)CNC(=O)CC1CSCCN1. The van der Waals surface area contributed by atoms with Crippen LogP contribution in [0.1, 0.15) is 13.3 Å². The Morgan fingerprint density at radius 3 is 2.88 bits per heavy atom. The lowest BCUT2D eigenvalue weighted by atomic mass is 10.2. The molecule has 1 saturated heterocycles. The first kappa shape index (κ1) is 14.3. The van der Waals surface area contributed by atoms with E-state index in [0.29, 0.717) is 13.0 Å². The minimum atomic E-state index is -0.0529. The maximum Gasteiger partial charge on any atom is 0.241 e. The number of hydrogen-bond acceptors (Lipinski definition) is 4. The summed E-state index contributed by atoms with van der Waals surface area (Å²) in [5.41, 5.74) is 0. The van der Waals surface area contributed by atoms with Gasteiger partial charge < -0.3 is 15.5 Å². The summed E-state index contributed by atoms with van der Waals surface area (Å²) in [6.07, 6.45) is 0.454. The summed E-state index contributed by atoms with van der Waals surface area (Å²) in [6.45, 7) is 3.63. The maximum absolute atomic E-state index is 11.6. The second-order valence-electron chi connectivity index (χ2n) is 4.11. The zero-order valence-corrected chi connectivity index (χ0v) is 11.3. The largest absolute Gasteiger partial charge is 0.347 e. The van der Waals surface area contributed by atoms with Crippen LogP contribution < -0.4 is 10.6 Å². The Morgan fingerprint density at radius 2 is 2.29 bits per heavy atom. The molecule has 2 amide bonds. The van der Waals surface area contributed by atoms with Crippen LogP contribution in [-0.4, -0.2) is 60.9 Å². The van der Waals surface area contributed by atoms with Crippen LogP contribution in [0, 0.1) is 0 Å². The minimum absolute atomic E-state index is 0.0492. The van der Waals surface area contributed by atoms with Crippen LogP contribution in [0.25, 0.3) is 0 Å². The predicted octanol–water partition coefficient (Wildman–Crippen LogP) is -0.324. The van der Waals surface area contributed by atoms with E-state index < -0.39 is 0 Å². The quantitative estimate of drug-likeness (QED) is 0.710. The van der Waals surface area contributed by atoms with Gasteiger partial charge in [0.15, 0.2) is 0 Å². The molecule has 6 heteroatoms. The molecule has 1 unspecified atom stereocenters. The molecule has 98 valence electrons. The molecule has 1 heterocycles. The van der Waals surface area contributed by atoms with Crippen LogP contribution in [0.2, 0.25) is 0 Å². The second kappa shape index (κ2) is 7.55. The van der Waals surface area contributed by atoms with Crippen molar-refractivity contribution in [2.45, 2.75) is 19.4 Å². The fourth-order valence-corrected chi connectivity index (χ4v) is 2.48. The van der Waals surface area contributed by atoms with Crippen molar-refractivity contribution >= 4 is 23.6 Å². The Morgan fingerprint density at radius 1 is 1.53 bits per heavy atom. The van der Waals surface area contributed by atoms with E-state index in [2.05, 4.69) is 10.6 Å². The second-order valence-corrected chi connectivity index (χ2v) is 5.26. The van der Waals surface area contributed by atoms with Gasteiger partial charge in [0, 0.05) is 44.1 Å². The Bertz CT molecular complexity index is 267. The molecule has 1 fully saturated rings. The van der Waals surface area contributed by atoms with Crippen LogP contribution in [-0.2, 0) is 9.59 Å². The third-order valence-electron chi connectivity index (χ3n) is 2.77. The van der Waals surface area contributed by atoms with Crippen molar-refractivity contribution in [3.05, 3.63) is 0 Å². The summed E-state index contributed by atoms with van der Waals surface area (Å²) in [7, 11) is 1.73. The lowest BCUT2D eigenvalue weighted by Gasteiger charge is -2.22. The number of likely N-dealkylation sites (N-methyl/N-ethyl adjacent to an activating group) is 1. The van der Waals surface area contributed by atoms with Gasteiger partial charge in [-0.25, -0.2) is 0 Å². The van der Waals surface area contributed by atoms with Crippen molar-refractivity contribution in [1.82, 2.24) is 15.5 Å².